The summed E-state index contributed by atoms with van der Waals surface area (Å²) < 4.78 is 0. The first-order valence-electron chi connectivity index (χ1n) is 5.72. The van der Waals surface area contributed by atoms with Gasteiger partial charge in [-0.25, -0.2) is 4.79 Å². The molecule has 1 aliphatic rings. The first kappa shape index (κ1) is 13.7. The number of nitrogens with one attached hydrogen (secondary N) is 2. The van der Waals surface area contributed by atoms with Crippen LogP contribution in [0.4, 0.5) is 4.79 Å². The summed E-state index contributed by atoms with van der Waals surface area (Å²) in [5.41, 5.74) is 0. The molecular weight excluding hydrogens is 224 g/mol. The third-order valence-corrected chi connectivity index (χ3v) is 2.71. The van der Waals surface area contributed by atoms with E-state index in [1.807, 2.05) is 0 Å². The monoisotopic (exact) mass is 244 g/mol. The second-order valence-corrected chi connectivity index (χ2v) is 4.15. The van der Waals surface area contributed by atoms with E-state index in [0.717, 1.165) is 32.7 Å². The predicted molar refractivity (Wildman–Crippen MR) is 63.0 cm³/mol. The maximum atomic E-state index is 11.1. The number of piperazine rings is 1. The van der Waals surface area contributed by atoms with Crippen LogP contribution in [0.3, 0.4) is 0 Å². The topological polar surface area (TPSA) is 84.9 Å². The van der Waals surface area contributed by atoms with Gasteiger partial charge in [0.2, 0.25) is 0 Å². The maximum absolute atomic E-state index is 11.1. The highest BCUT2D eigenvalue weighted by Gasteiger charge is 2.13. The van der Waals surface area contributed by atoms with E-state index in [4.69, 9.17) is 5.11 Å². The molecule has 0 aromatic heterocycles. The minimum atomic E-state index is -1.04. The van der Waals surface area contributed by atoms with Gasteiger partial charge in [-0.2, -0.15) is 0 Å². The number of likely N-dealkylation sites (N-methyl/N-ethyl adjacent to an activating group) is 1. The van der Waals surface area contributed by atoms with E-state index in [2.05, 4.69) is 27.5 Å². The van der Waals surface area contributed by atoms with Crippen molar-refractivity contribution in [2.24, 2.45) is 0 Å². The molecule has 0 atom stereocenters. The van der Waals surface area contributed by atoms with Crippen molar-refractivity contribution in [1.29, 1.82) is 0 Å². The van der Waals surface area contributed by atoms with Gasteiger partial charge in [0.05, 0.1) is 0 Å². The average Bonchev–Trinajstić information content (AvgIpc) is 2.29. The lowest BCUT2D eigenvalue weighted by Crippen LogP contribution is -2.48. The van der Waals surface area contributed by atoms with Crippen LogP contribution < -0.4 is 10.6 Å². The van der Waals surface area contributed by atoms with Gasteiger partial charge >= 0.3 is 12.0 Å². The van der Waals surface area contributed by atoms with Crippen LogP contribution in [0.25, 0.3) is 0 Å². The molecule has 3 N–H and O–H groups in total. The fourth-order valence-electron chi connectivity index (χ4n) is 1.62. The predicted octanol–water partition coefficient (Wildman–Crippen LogP) is -1.38. The van der Waals surface area contributed by atoms with Gasteiger partial charge in [0.15, 0.2) is 0 Å². The molecule has 1 heterocycles. The largest absolute Gasteiger partial charge is 0.480 e. The van der Waals surface area contributed by atoms with Crippen LogP contribution in [0.5, 0.6) is 0 Å². The lowest BCUT2D eigenvalue weighted by molar-refractivity contribution is -0.135. The number of urea groups is 1. The van der Waals surface area contributed by atoms with Crippen LogP contribution in [0.1, 0.15) is 0 Å². The second-order valence-electron chi connectivity index (χ2n) is 4.15. The highest BCUT2D eigenvalue weighted by Crippen LogP contribution is 1.97. The van der Waals surface area contributed by atoms with Crippen molar-refractivity contribution in [3.8, 4) is 0 Å². The number of carbonyl (C=O) groups excluding carboxylic acids is 1. The fourth-order valence-corrected chi connectivity index (χ4v) is 1.62. The summed E-state index contributed by atoms with van der Waals surface area (Å²) in [7, 11) is 2.09. The van der Waals surface area contributed by atoms with Gasteiger partial charge in [-0.1, -0.05) is 0 Å². The summed E-state index contributed by atoms with van der Waals surface area (Å²) in [4.78, 5) is 25.9. The fraction of sp³-hybridized carbons (Fsp3) is 0.800. The van der Waals surface area contributed by atoms with Gasteiger partial charge in [-0.05, 0) is 7.05 Å². The van der Waals surface area contributed by atoms with E-state index in [0.29, 0.717) is 6.54 Å². The Labute approximate surface area is 101 Å². The van der Waals surface area contributed by atoms with Crippen molar-refractivity contribution in [1.82, 2.24) is 20.4 Å². The summed E-state index contributed by atoms with van der Waals surface area (Å²) in [6.07, 6.45) is 0. The first-order chi connectivity index (χ1) is 8.08. The van der Waals surface area contributed by atoms with Crippen molar-refractivity contribution < 1.29 is 14.7 Å². The van der Waals surface area contributed by atoms with E-state index in [-0.39, 0.29) is 6.54 Å². The van der Waals surface area contributed by atoms with E-state index >= 15 is 0 Å². The zero-order valence-corrected chi connectivity index (χ0v) is 10.1. The van der Waals surface area contributed by atoms with E-state index in [1.165, 1.54) is 0 Å². The molecule has 0 spiro atoms. The average molecular weight is 244 g/mol. The highest BCUT2D eigenvalue weighted by atomic mass is 16.4. The molecule has 0 radical (unpaired) electrons. The lowest BCUT2D eigenvalue weighted by atomic mass is 10.3. The molecular formula is C10H20N4O3. The molecule has 2 amide bonds. The van der Waals surface area contributed by atoms with E-state index in [1.54, 1.807) is 0 Å². The summed E-state index contributed by atoms with van der Waals surface area (Å²) in [6.45, 7) is 5.10. The summed E-state index contributed by atoms with van der Waals surface area (Å²) in [5, 5.41) is 13.2. The van der Waals surface area contributed by atoms with Crippen molar-refractivity contribution in [2.45, 2.75) is 0 Å². The minimum Gasteiger partial charge on any atom is -0.480 e. The van der Waals surface area contributed by atoms with E-state index < -0.39 is 12.0 Å². The van der Waals surface area contributed by atoms with E-state index in [9.17, 15) is 9.59 Å². The molecule has 0 aliphatic carbocycles. The second kappa shape index (κ2) is 7.08. The Balaban J connectivity index is 2.03. The molecule has 1 rings (SSSR count). The Morgan fingerprint density at radius 1 is 1.18 bits per heavy atom. The number of nitrogens with zero attached hydrogens (tertiary/aromatic N) is 2. The van der Waals surface area contributed by atoms with Gasteiger partial charge < -0.3 is 20.6 Å². The molecule has 7 nitrogen and oxygen atoms in total. The van der Waals surface area contributed by atoms with Gasteiger partial charge in [-0.15, -0.1) is 0 Å². The molecule has 1 aliphatic heterocycles. The zero-order valence-electron chi connectivity index (χ0n) is 10.1. The number of carboxylic acid groups (broad SMARTS) is 1. The van der Waals surface area contributed by atoms with Gasteiger partial charge in [0, 0.05) is 39.3 Å². The number of amides is 2. The normalized spacial score (nSPS) is 17.7. The third-order valence-electron chi connectivity index (χ3n) is 2.71. The molecule has 0 aromatic carbocycles. The van der Waals surface area contributed by atoms with Crippen LogP contribution in [0.2, 0.25) is 0 Å². The van der Waals surface area contributed by atoms with Crippen molar-refractivity contribution in [3.05, 3.63) is 0 Å². The van der Waals surface area contributed by atoms with Crippen molar-refractivity contribution >= 4 is 12.0 Å². The SMILES string of the molecule is CN1CCN(CCNC(=O)NCC(=O)O)CC1. The van der Waals surface area contributed by atoms with Gasteiger partial charge in [-0.3, -0.25) is 9.69 Å². The Morgan fingerprint density at radius 3 is 2.41 bits per heavy atom. The number of carbonyl (C=O) groups is 2. The molecule has 1 saturated heterocycles. The summed E-state index contributed by atoms with van der Waals surface area (Å²) >= 11 is 0. The number of aliphatic carboxylic acids is 1. The third kappa shape index (κ3) is 6.08. The number of carboxylic acids is 1. The molecule has 0 saturated carbocycles. The van der Waals surface area contributed by atoms with Crippen LogP contribution in [0.15, 0.2) is 0 Å². The number of rotatable bonds is 5. The Morgan fingerprint density at radius 2 is 1.82 bits per heavy atom. The molecule has 0 aromatic rings. The Hall–Kier alpha value is -1.34. The lowest BCUT2D eigenvalue weighted by Gasteiger charge is -2.32. The number of hydrogen-bond donors (Lipinski definition) is 3. The molecule has 1 fully saturated rings. The minimum absolute atomic E-state index is 0.347. The van der Waals surface area contributed by atoms with Crippen molar-refractivity contribution in [3.63, 3.8) is 0 Å². The zero-order chi connectivity index (χ0) is 12.7. The quantitative estimate of drug-likeness (QED) is 0.555. The Kier molecular flexibility index (Phi) is 5.71. The smallest absolute Gasteiger partial charge is 0.323 e. The van der Waals surface area contributed by atoms with Gasteiger partial charge in [0.1, 0.15) is 6.54 Å². The van der Waals surface area contributed by atoms with Gasteiger partial charge in [0.25, 0.3) is 0 Å². The molecule has 7 heteroatoms. The van der Waals surface area contributed by atoms with Crippen LogP contribution >= 0.6 is 0 Å². The maximum Gasteiger partial charge on any atom is 0.323 e. The number of hydrogen-bond acceptors (Lipinski definition) is 4. The molecule has 0 unspecified atom stereocenters. The first-order valence-corrected chi connectivity index (χ1v) is 5.72. The standard InChI is InChI=1S/C10H20N4O3/c1-13-4-6-14(7-5-13)3-2-11-10(17)12-8-9(15)16/h2-8H2,1H3,(H,15,16)(H2,11,12,17). The summed E-state index contributed by atoms with van der Waals surface area (Å²) in [5.74, 6) is -1.04. The molecule has 17 heavy (non-hydrogen) atoms. The summed E-state index contributed by atoms with van der Waals surface area (Å²) in [6, 6.07) is -0.429. The molecule has 0 bridgehead atoms. The van der Waals surface area contributed by atoms with Crippen LogP contribution in [0, 0.1) is 0 Å². The Bertz CT molecular complexity index is 264. The highest BCUT2D eigenvalue weighted by molar-refractivity contribution is 5.79. The van der Waals surface area contributed by atoms with Crippen LogP contribution in [-0.4, -0.2) is 79.8 Å². The molecule has 98 valence electrons. The van der Waals surface area contributed by atoms with Crippen LogP contribution in [-0.2, 0) is 4.79 Å². The van der Waals surface area contributed by atoms with Crippen molar-refractivity contribution in [2.75, 3.05) is 52.9 Å².